The predicted molar refractivity (Wildman–Crippen MR) is 56.7 cm³/mol. The van der Waals surface area contributed by atoms with Crippen LogP contribution in [0.1, 0.15) is 0 Å². The topological polar surface area (TPSA) is 47.3 Å². The third kappa shape index (κ3) is 2.07. The highest BCUT2D eigenvalue weighted by Gasteiger charge is 1.99. The Balaban J connectivity index is 2.07. The van der Waals surface area contributed by atoms with Crippen molar-refractivity contribution in [2.45, 2.75) is 0 Å². The van der Waals surface area contributed by atoms with Crippen LogP contribution in [0.15, 0.2) is 48.4 Å². The molecule has 0 unspecified atom stereocenters. The van der Waals surface area contributed by atoms with Crippen LogP contribution >= 0.6 is 0 Å². The van der Waals surface area contributed by atoms with E-state index < -0.39 is 0 Å². The Hall–Kier alpha value is -1.90. The molecule has 0 aliphatic carbocycles. The summed E-state index contributed by atoms with van der Waals surface area (Å²) in [6, 6.07) is 7.35. The standard InChI is InChI=1S/C11H12N2O/c12-9-1-3-10(4-2-9)14-11-5-7-13-8-6-11/h1-7,13H,8,12H2. The number of nitrogen functional groups attached to an aromatic ring is 1. The normalized spacial score (nSPS) is 14.4. The highest BCUT2D eigenvalue weighted by Crippen LogP contribution is 2.16. The van der Waals surface area contributed by atoms with E-state index in [0.29, 0.717) is 0 Å². The van der Waals surface area contributed by atoms with E-state index in [-0.39, 0.29) is 0 Å². The summed E-state index contributed by atoms with van der Waals surface area (Å²) in [6.07, 6.45) is 5.74. The zero-order valence-electron chi connectivity index (χ0n) is 7.73. The predicted octanol–water partition coefficient (Wildman–Crippen LogP) is 1.65. The molecule has 0 spiro atoms. The lowest BCUT2D eigenvalue weighted by atomic mass is 10.3. The van der Waals surface area contributed by atoms with E-state index in [4.69, 9.17) is 10.5 Å². The van der Waals surface area contributed by atoms with Crippen molar-refractivity contribution in [1.82, 2.24) is 5.32 Å². The number of hydrogen-bond acceptors (Lipinski definition) is 3. The fourth-order valence-electron chi connectivity index (χ4n) is 1.18. The Bertz CT molecular complexity index is 365. The molecule has 0 amide bonds. The van der Waals surface area contributed by atoms with Crippen LogP contribution in [-0.2, 0) is 0 Å². The van der Waals surface area contributed by atoms with Crippen LogP contribution in [0, 0.1) is 0 Å². The third-order valence-electron chi connectivity index (χ3n) is 1.90. The average molecular weight is 188 g/mol. The van der Waals surface area contributed by atoms with Crippen LogP contribution < -0.4 is 15.8 Å². The van der Waals surface area contributed by atoms with Gasteiger partial charge in [0, 0.05) is 18.4 Å². The van der Waals surface area contributed by atoms with Gasteiger partial charge in [0.15, 0.2) is 0 Å². The van der Waals surface area contributed by atoms with Crippen LogP contribution in [0.2, 0.25) is 0 Å². The molecule has 0 aromatic heterocycles. The number of anilines is 1. The number of rotatable bonds is 2. The molecule has 0 bridgehead atoms. The molecule has 3 heteroatoms. The number of ether oxygens (including phenoxy) is 1. The van der Waals surface area contributed by atoms with Crippen molar-refractivity contribution in [1.29, 1.82) is 0 Å². The van der Waals surface area contributed by atoms with Gasteiger partial charge >= 0.3 is 0 Å². The molecule has 1 aromatic carbocycles. The number of dihydropyridines is 1. The molecule has 1 aliphatic rings. The summed E-state index contributed by atoms with van der Waals surface area (Å²) in [4.78, 5) is 0. The van der Waals surface area contributed by atoms with Gasteiger partial charge in [0.2, 0.25) is 0 Å². The number of nitrogens with two attached hydrogens (primary N) is 1. The van der Waals surface area contributed by atoms with Gasteiger partial charge in [-0.25, -0.2) is 0 Å². The lowest BCUT2D eigenvalue weighted by Gasteiger charge is -2.10. The minimum atomic E-state index is 0.743. The van der Waals surface area contributed by atoms with E-state index in [9.17, 15) is 0 Å². The van der Waals surface area contributed by atoms with Crippen LogP contribution in [0.25, 0.3) is 0 Å². The summed E-state index contributed by atoms with van der Waals surface area (Å²) in [5.41, 5.74) is 6.31. The summed E-state index contributed by atoms with van der Waals surface area (Å²) in [6.45, 7) is 0.806. The number of nitrogens with one attached hydrogen (secondary N) is 1. The first kappa shape index (κ1) is 8.69. The number of allylic oxidation sites excluding steroid dienone is 1. The summed E-state index contributed by atoms with van der Waals surface area (Å²) < 4.78 is 5.59. The van der Waals surface area contributed by atoms with E-state index in [0.717, 1.165) is 23.7 Å². The first-order valence-corrected chi connectivity index (χ1v) is 4.48. The average Bonchev–Trinajstić information content (AvgIpc) is 2.23. The van der Waals surface area contributed by atoms with Crippen molar-refractivity contribution in [3.8, 4) is 5.75 Å². The summed E-state index contributed by atoms with van der Waals surface area (Å²) >= 11 is 0. The maximum atomic E-state index is 5.59. The van der Waals surface area contributed by atoms with E-state index in [1.54, 1.807) is 0 Å². The molecule has 3 N–H and O–H groups in total. The number of hydrogen-bond donors (Lipinski definition) is 2. The highest BCUT2D eigenvalue weighted by atomic mass is 16.5. The monoisotopic (exact) mass is 188 g/mol. The summed E-state index contributed by atoms with van der Waals surface area (Å²) in [5.74, 6) is 1.66. The number of benzene rings is 1. The van der Waals surface area contributed by atoms with Gasteiger partial charge in [0.25, 0.3) is 0 Å². The van der Waals surface area contributed by atoms with Crippen LogP contribution in [0.3, 0.4) is 0 Å². The zero-order valence-corrected chi connectivity index (χ0v) is 7.73. The van der Waals surface area contributed by atoms with Crippen LogP contribution in [0.5, 0.6) is 5.75 Å². The maximum absolute atomic E-state index is 5.59. The second-order valence-electron chi connectivity index (χ2n) is 3.02. The Labute approximate surface area is 82.9 Å². The molecule has 14 heavy (non-hydrogen) atoms. The van der Waals surface area contributed by atoms with Crippen LogP contribution in [-0.4, -0.2) is 6.54 Å². The molecule has 0 saturated heterocycles. The lowest BCUT2D eigenvalue weighted by molar-refractivity contribution is 0.439. The van der Waals surface area contributed by atoms with Crippen molar-refractivity contribution < 1.29 is 4.74 Å². The summed E-state index contributed by atoms with van der Waals surface area (Å²) in [5, 5.41) is 3.05. The maximum Gasteiger partial charge on any atom is 0.127 e. The second kappa shape index (κ2) is 3.87. The third-order valence-corrected chi connectivity index (χ3v) is 1.90. The van der Waals surface area contributed by atoms with Gasteiger partial charge in [0.05, 0.1) is 0 Å². The molecule has 0 saturated carbocycles. The van der Waals surface area contributed by atoms with Gasteiger partial charge in [-0.2, -0.15) is 0 Å². The zero-order chi connectivity index (χ0) is 9.80. The molecule has 72 valence electrons. The Morgan fingerprint density at radius 3 is 2.64 bits per heavy atom. The van der Waals surface area contributed by atoms with Crippen molar-refractivity contribution in [3.63, 3.8) is 0 Å². The van der Waals surface area contributed by atoms with Gasteiger partial charge in [-0.05, 0) is 36.4 Å². The molecule has 0 fully saturated rings. The first-order valence-electron chi connectivity index (χ1n) is 4.48. The van der Waals surface area contributed by atoms with Gasteiger partial charge in [-0.3, -0.25) is 0 Å². The second-order valence-corrected chi connectivity index (χ2v) is 3.02. The molecule has 1 heterocycles. The molecular weight excluding hydrogens is 176 g/mol. The van der Waals surface area contributed by atoms with E-state index >= 15 is 0 Å². The minimum absolute atomic E-state index is 0.743. The van der Waals surface area contributed by atoms with Crippen molar-refractivity contribution in [2.75, 3.05) is 12.3 Å². The molecule has 1 aliphatic heterocycles. The van der Waals surface area contributed by atoms with Gasteiger partial charge in [0.1, 0.15) is 11.5 Å². The first-order chi connectivity index (χ1) is 6.84. The van der Waals surface area contributed by atoms with E-state index in [1.165, 1.54) is 0 Å². The van der Waals surface area contributed by atoms with Crippen molar-refractivity contribution in [3.05, 3.63) is 48.4 Å². The molecule has 0 radical (unpaired) electrons. The molecule has 1 aromatic rings. The fourth-order valence-corrected chi connectivity index (χ4v) is 1.18. The largest absolute Gasteiger partial charge is 0.458 e. The van der Waals surface area contributed by atoms with E-state index in [1.807, 2.05) is 42.6 Å². The lowest BCUT2D eigenvalue weighted by Crippen LogP contribution is -2.10. The Morgan fingerprint density at radius 2 is 2.00 bits per heavy atom. The van der Waals surface area contributed by atoms with Gasteiger partial charge < -0.3 is 15.8 Å². The quantitative estimate of drug-likeness (QED) is 0.694. The molecular formula is C11H12N2O. The van der Waals surface area contributed by atoms with Crippen molar-refractivity contribution in [2.24, 2.45) is 0 Å². The van der Waals surface area contributed by atoms with Gasteiger partial charge in [-0.15, -0.1) is 0 Å². The van der Waals surface area contributed by atoms with E-state index in [2.05, 4.69) is 5.32 Å². The minimum Gasteiger partial charge on any atom is -0.458 e. The SMILES string of the molecule is Nc1ccc(OC2=CCNC=C2)cc1. The van der Waals surface area contributed by atoms with Crippen molar-refractivity contribution >= 4 is 5.69 Å². The summed E-state index contributed by atoms with van der Waals surface area (Å²) in [7, 11) is 0. The molecule has 3 nitrogen and oxygen atoms in total. The Kier molecular flexibility index (Phi) is 2.40. The van der Waals surface area contributed by atoms with Gasteiger partial charge in [-0.1, -0.05) is 0 Å². The smallest absolute Gasteiger partial charge is 0.127 e. The fraction of sp³-hybridized carbons (Fsp3) is 0.0909. The molecule has 2 rings (SSSR count). The van der Waals surface area contributed by atoms with Crippen LogP contribution in [0.4, 0.5) is 5.69 Å². The Morgan fingerprint density at radius 1 is 1.21 bits per heavy atom. The molecule has 0 atom stereocenters. The highest BCUT2D eigenvalue weighted by molar-refractivity contribution is 5.42.